The van der Waals surface area contributed by atoms with Gasteiger partial charge in [-0.3, -0.25) is 9.59 Å². The van der Waals surface area contributed by atoms with E-state index in [1.165, 1.54) is 180 Å². The molecule has 0 bridgehead atoms. The van der Waals surface area contributed by atoms with Crippen LogP contribution in [0, 0.1) is 0 Å². The van der Waals surface area contributed by atoms with E-state index < -0.39 is 6.10 Å². The van der Waals surface area contributed by atoms with Crippen molar-refractivity contribution in [3.8, 4) is 0 Å². The standard InChI is InChI=1S/C55H102O5/c1-4-7-10-13-16-19-22-24-26-28-29-31-34-36-39-42-45-48-54(56)59-52-53(60-55(57)49-46-43-40-37-33-21-18-15-12-9-6-3)51-58-50-47-44-41-38-35-32-30-27-25-23-20-17-14-11-8-5-2/h16,19,24,26,29,31,53H,4-15,17-18,20-23,25,27-28,30,32-52H2,1-3H3/b19-16-,26-24-,31-29-/t53-/m1/s1. The molecule has 0 aromatic rings. The monoisotopic (exact) mass is 843 g/mol. The van der Waals surface area contributed by atoms with E-state index in [2.05, 4.69) is 57.2 Å². The van der Waals surface area contributed by atoms with Crippen molar-refractivity contribution < 1.29 is 23.8 Å². The molecule has 0 saturated heterocycles. The molecule has 0 aromatic heterocycles. The first-order valence-corrected chi connectivity index (χ1v) is 26.5. The van der Waals surface area contributed by atoms with E-state index in [-0.39, 0.29) is 25.2 Å². The predicted octanol–water partition coefficient (Wildman–Crippen LogP) is 17.8. The molecule has 0 unspecified atom stereocenters. The minimum absolute atomic E-state index is 0.0796. The van der Waals surface area contributed by atoms with E-state index in [1.807, 2.05) is 0 Å². The summed E-state index contributed by atoms with van der Waals surface area (Å²) in [7, 11) is 0. The molecule has 352 valence electrons. The van der Waals surface area contributed by atoms with Crippen LogP contribution in [0.3, 0.4) is 0 Å². The topological polar surface area (TPSA) is 61.8 Å². The Kier molecular flexibility index (Phi) is 49.9. The quantitative estimate of drug-likeness (QED) is 0.0347. The van der Waals surface area contributed by atoms with E-state index in [9.17, 15) is 9.59 Å². The number of hydrogen-bond acceptors (Lipinski definition) is 5. The second-order valence-electron chi connectivity index (χ2n) is 17.8. The first kappa shape index (κ1) is 58.1. The van der Waals surface area contributed by atoms with Gasteiger partial charge in [-0.15, -0.1) is 0 Å². The SMILES string of the molecule is CCCCC/C=C\C/C=C\C/C=C\CCCCCCC(=O)OC[C@@H](COCCCCCCCCCCCCCCCCCC)OC(=O)CCCCCCCCCCCCC. The fraction of sp³-hybridized carbons (Fsp3) is 0.855. The van der Waals surface area contributed by atoms with Gasteiger partial charge in [0.05, 0.1) is 6.61 Å². The molecule has 0 rings (SSSR count). The molecule has 5 heteroatoms. The van der Waals surface area contributed by atoms with E-state index in [0.717, 1.165) is 64.2 Å². The van der Waals surface area contributed by atoms with Crippen LogP contribution < -0.4 is 0 Å². The third-order valence-corrected chi connectivity index (χ3v) is 11.7. The first-order valence-electron chi connectivity index (χ1n) is 26.5. The van der Waals surface area contributed by atoms with Crippen molar-refractivity contribution in [1.82, 2.24) is 0 Å². The molecule has 0 fully saturated rings. The molecule has 0 saturated carbocycles. The fourth-order valence-corrected chi connectivity index (χ4v) is 7.69. The highest BCUT2D eigenvalue weighted by Crippen LogP contribution is 2.16. The average Bonchev–Trinajstić information content (AvgIpc) is 3.25. The Bertz CT molecular complexity index is 955. The third-order valence-electron chi connectivity index (χ3n) is 11.7. The van der Waals surface area contributed by atoms with E-state index in [0.29, 0.717) is 19.4 Å². The number of ether oxygens (including phenoxy) is 3. The van der Waals surface area contributed by atoms with E-state index >= 15 is 0 Å². The molecule has 0 aliphatic heterocycles. The molecular formula is C55H102O5. The summed E-state index contributed by atoms with van der Waals surface area (Å²) >= 11 is 0. The van der Waals surface area contributed by atoms with E-state index in [4.69, 9.17) is 14.2 Å². The molecule has 60 heavy (non-hydrogen) atoms. The van der Waals surface area contributed by atoms with Crippen LogP contribution in [0.1, 0.15) is 278 Å². The zero-order chi connectivity index (χ0) is 43.5. The summed E-state index contributed by atoms with van der Waals surface area (Å²) in [5.41, 5.74) is 0. The summed E-state index contributed by atoms with van der Waals surface area (Å²) in [5.74, 6) is -0.407. The van der Waals surface area contributed by atoms with Crippen LogP contribution in [-0.2, 0) is 23.8 Å². The third kappa shape index (κ3) is 48.8. The zero-order valence-electron chi connectivity index (χ0n) is 40.5. The number of esters is 2. The van der Waals surface area contributed by atoms with Gasteiger partial charge in [0, 0.05) is 19.4 Å². The minimum atomic E-state index is -0.538. The van der Waals surface area contributed by atoms with Gasteiger partial charge in [0.1, 0.15) is 6.61 Å². The highest BCUT2D eigenvalue weighted by molar-refractivity contribution is 5.70. The van der Waals surface area contributed by atoms with Crippen molar-refractivity contribution in [2.45, 2.75) is 284 Å². The highest BCUT2D eigenvalue weighted by atomic mass is 16.6. The van der Waals surface area contributed by atoms with Crippen LogP contribution in [0.4, 0.5) is 0 Å². The maximum Gasteiger partial charge on any atom is 0.306 e. The van der Waals surface area contributed by atoms with Gasteiger partial charge in [-0.1, -0.05) is 243 Å². The largest absolute Gasteiger partial charge is 0.462 e. The number of hydrogen-bond donors (Lipinski definition) is 0. The van der Waals surface area contributed by atoms with Crippen LogP contribution in [0.5, 0.6) is 0 Å². The number of carbonyl (C=O) groups is 2. The molecular weight excluding hydrogens is 741 g/mol. The summed E-state index contributed by atoms with van der Waals surface area (Å²) in [5, 5.41) is 0. The average molecular weight is 843 g/mol. The van der Waals surface area contributed by atoms with Gasteiger partial charge in [0.15, 0.2) is 6.10 Å². The minimum Gasteiger partial charge on any atom is -0.462 e. The Morgan fingerprint density at radius 2 is 0.700 bits per heavy atom. The van der Waals surface area contributed by atoms with Crippen LogP contribution in [0.15, 0.2) is 36.5 Å². The van der Waals surface area contributed by atoms with Gasteiger partial charge < -0.3 is 14.2 Å². The summed E-state index contributed by atoms with van der Waals surface area (Å²) in [6, 6.07) is 0. The molecule has 0 aliphatic rings. The summed E-state index contributed by atoms with van der Waals surface area (Å²) < 4.78 is 17.4. The van der Waals surface area contributed by atoms with Crippen LogP contribution in [-0.4, -0.2) is 37.9 Å². The molecule has 0 radical (unpaired) electrons. The van der Waals surface area contributed by atoms with Gasteiger partial charge in [-0.2, -0.15) is 0 Å². The van der Waals surface area contributed by atoms with Crippen molar-refractivity contribution in [3.05, 3.63) is 36.5 Å². The molecule has 0 aliphatic carbocycles. The van der Waals surface area contributed by atoms with Crippen LogP contribution in [0.25, 0.3) is 0 Å². The summed E-state index contributed by atoms with van der Waals surface area (Å²) in [6.07, 6.45) is 61.5. The smallest absolute Gasteiger partial charge is 0.306 e. The molecule has 0 heterocycles. The van der Waals surface area contributed by atoms with Crippen LogP contribution >= 0.6 is 0 Å². The predicted molar refractivity (Wildman–Crippen MR) is 261 cm³/mol. The molecule has 1 atom stereocenters. The van der Waals surface area contributed by atoms with Crippen molar-refractivity contribution >= 4 is 11.9 Å². The second kappa shape index (κ2) is 51.5. The Morgan fingerprint density at radius 3 is 1.15 bits per heavy atom. The lowest BCUT2D eigenvalue weighted by Crippen LogP contribution is -2.30. The van der Waals surface area contributed by atoms with Gasteiger partial charge in [0.2, 0.25) is 0 Å². The first-order chi connectivity index (χ1) is 29.6. The fourth-order valence-electron chi connectivity index (χ4n) is 7.69. The van der Waals surface area contributed by atoms with Crippen molar-refractivity contribution in [2.75, 3.05) is 19.8 Å². The lowest BCUT2D eigenvalue weighted by molar-refractivity contribution is -0.163. The summed E-state index contributed by atoms with van der Waals surface area (Å²) in [6.45, 7) is 7.82. The van der Waals surface area contributed by atoms with Gasteiger partial charge in [-0.05, 0) is 57.8 Å². The lowest BCUT2D eigenvalue weighted by atomic mass is 10.0. The Labute approximate surface area is 374 Å². The van der Waals surface area contributed by atoms with Crippen LogP contribution in [0.2, 0.25) is 0 Å². The van der Waals surface area contributed by atoms with Crippen molar-refractivity contribution in [3.63, 3.8) is 0 Å². The van der Waals surface area contributed by atoms with Gasteiger partial charge in [0.25, 0.3) is 0 Å². The Balaban J connectivity index is 4.23. The van der Waals surface area contributed by atoms with Crippen molar-refractivity contribution in [1.29, 1.82) is 0 Å². The second-order valence-corrected chi connectivity index (χ2v) is 17.8. The Hall–Kier alpha value is -1.88. The number of unbranched alkanes of at least 4 members (excludes halogenated alkanes) is 32. The maximum absolute atomic E-state index is 12.8. The zero-order valence-corrected chi connectivity index (χ0v) is 40.5. The Morgan fingerprint density at radius 1 is 0.367 bits per heavy atom. The summed E-state index contributed by atoms with van der Waals surface area (Å²) in [4.78, 5) is 25.4. The number of rotatable bonds is 49. The maximum atomic E-state index is 12.8. The van der Waals surface area contributed by atoms with Gasteiger partial charge in [-0.25, -0.2) is 0 Å². The van der Waals surface area contributed by atoms with E-state index in [1.54, 1.807) is 0 Å². The molecule has 0 aromatic carbocycles. The number of carbonyl (C=O) groups excluding carboxylic acids is 2. The highest BCUT2D eigenvalue weighted by Gasteiger charge is 2.17. The molecule has 5 nitrogen and oxygen atoms in total. The van der Waals surface area contributed by atoms with Gasteiger partial charge >= 0.3 is 11.9 Å². The molecule has 0 amide bonds. The normalized spacial score (nSPS) is 12.4. The number of allylic oxidation sites excluding steroid dienone is 6. The lowest BCUT2D eigenvalue weighted by Gasteiger charge is -2.18. The molecule has 0 N–H and O–H groups in total. The molecule has 0 spiro atoms. The van der Waals surface area contributed by atoms with Crippen molar-refractivity contribution in [2.24, 2.45) is 0 Å².